The van der Waals surface area contributed by atoms with Crippen LogP contribution in [0.4, 0.5) is 4.39 Å². The van der Waals surface area contributed by atoms with Gasteiger partial charge in [-0.05, 0) is 41.5 Å². The van der Waals surface area contributed by atoms with Crippen molar-refractivity contribution < 1.29 is 9.50 Å². The van der Waals surface area contributed by atoms with Crippen LogP contribution in [0.3, 0.4) is 0 Å². The van der Waals surface area contributed by atoms with Gasteiger partial charge >= 0.3 is 0 Å². The second kappa shape index (κ2) is 5.85. The second-order valence-electron chi connectivity index (χ2n) is 4.89. The largest absolute Gasteiger partial charge is 0.505 e. The molecule has 2 aromatic rings. The monoisotopic (exact) mass is 289 g/mol. The number of rotatable bonds is 3. The van der Waals surface area contributed by atoms with Crippen LogP contribution < -0.4 is 5.32 Å². The molecule has 3 rings (SSSR count). The summed E-state index contributed by atoms with van der Waals surface area (Å²) < 4.78 is 13.3. The van der Waals surface area contributed by atoms with Crippen LogP contribution in [0.1, 0.15) is 23.6 Å². The van der Waals surface area contributed by atoms with E-state index in [0.29, 0.717) is 12.6 Å². The lowest BCUT2D eigenvalue weighted by Crippen LogP contribution is -2.24. The van der Waals surface area contributed by atoms with Gasteiger partial charge in [0.15, 0.2) is 11.6 Å². The Kier molecular flexibility index (Phi) is 3.94. The fourth-order valence-electron chi connectivity index (χ4n) is 2.46. The fourth-order valence-corrected chi connectivity index (χ4v) is 3.58. The summed E-state index contributed by atoms with van der Waals surface area (Å²) in [5.74, 6) is 0.232. The molecule has 1 heterocycles. The van der Waals surface area contributed by atoms with Gasteiger partial charge in [0, 0.05) is 17.5 Å². The minimum absolute atomic E-state index is 0.298. The third-order valence-electron chi connectivity index (χ3n) is 3.52. The molecule has 0 saturated carbocycles. The molecule has 1 aliphatic heterocycles. The quantitative estimate of drug-likeness (QED) is 0.900. The number of phenols is 1. The van der Waals surface area contributed by atoms with Crippen molar-refractivity contribution in [2.75, 3.05) is 5.75 Å². The molecule has 0 bridgehead atoms. The molecule has 2 nitrogen and oxygen atoms in total. The Bertz CT molecular complexity index is 617. The predicted octanol–water partition coefficient (Wildman–Crippen LogP) is 3.86. The van der Waals surface area contributed by atoms with Crippen LogP contribution in [-0.2, 0) is 6.54 Å². The van der Waals surface area contributed by atoms with Crippen molar-refractivity contribution >= 4 is 11.8 Å². The Labute approximate surface area is 122 Å². The molecular formula is C16H16FNOS. The van der Waals surface area contributed by atoms with Gasteiger partial charge in [0.05, 0.1) is 0 Å². The van der Waals surface area contributed by atoms with Crippen molar-refractivity contribution in [3.05, 3.63) is 59.4 Å². The number of aromatic hydroxyl groups is 1. The topological polar surface area (TPSA) is 32.3 Å². The average Bonchev–Trinajstić information content (AvgIpc) is 2.48. The highest BCUT2D eigenvalue weighted by Gasteiger charge is 2.19. The Morgan fingerprint density at radius 3 is 2.95 bits per heavy atom. The van der Waals surface area contributed by atoms with Gasteiger partial charge in [0.1, 0.15) is 0 Å². The molecule has 0 spiro atoms. The van der Waals surface area contributed by atoms with E-state index in [-0.39, 0.29) is 5.75 Å². The van der Waals surface area contributed by atoms with E-state index in [1.54, 1.807) is 6.07 Å². The molecule has 4 heteroatoms. The van der Waals surface area contributed by atoms with Crippen molar-refractivity contribution in [2.24, 2.45) is 0 Å². The average molecular weight is 289 g/mol. The molecule has 2 aromatic carbocycles. The minimum Gasteiger partial charge on any atom is -0.505 e. The van der Waals surface area contributed by atoms with E-state index in [2.05, 4.69) is 29.6 Å². The number of hydrogen-bond acceptors (Lipinski definition) is 3. The molecule has 0 radical (unpaired) electrons. The fraction of sp³-hybridized carbons (Fsp3) is 0.250. The van der Waals surface area contributed by atoms with Crippen LogP contribution in [0.15, 0.2) is 47.4 Å². The lowest BCUT2D eigenvalue weighted by atomic mass is 10.0. The number of halogens is 1. The first-order valence-electron chi connectivity index (χ1n) is 6.66. The first-order chi connectivity index (χ1) is 9.74. The Balaban J connectivity index is 1.71. The number of hydrogen-bond donors (Lipinski definition) is 2. The van der Waals surface area contributed by atoms with Crippen LogP contribution >= 0.6 is 11.8 Å². The molecule has 20 heavy (non-hydrogen) atoms. The predicted molar refractivity (Wildman–Crippen MR) is 79.4 cm³/mol. The summed E-state index contributed by atoms with van der Waals surface area (Å²) in [4.78, 5) is 1.33. The van der Waals surface area contributed by atoms with E-state index in [0.717, 1.165) is 17.7 Å². The molecule has 1 atom stereocenters. The third kappa shape index (κ3) is 2.81. The number of fused-ring (bicyclic) bond motifs is 1. The molecule has 0 fully saturated rings. The molecule has 0 saturated heterocycles. The maximum atomic E-state index is 13.3. The van der Waals surface area contributed by atoms with Crippen LogP contribution in [-0.4, -0.2) is 10.9 Å². The molecule has 0 amide bonds. The summed E-state index contributed by atoms with van der Waals surface area (Å²) in [6, 6.07) is 13.2. The summed E-state index contributed by atoms with van der Waals surface area (Å²) >= 11 is 1.89. The molecule has 0 aliphatic carbocycles. The van der Waals surface area contributed by atoms with Gasteiger partial charge in [-0.2, -0.15) is 0 Å². The van der Waals surface area contributed by atoms with Gasteiger partial charge in [0.25, 0.3) is 0 Å². The van der Waals surface area contributed by atoms with E-state index >= 15 is 0 Å². The normalized spacial score (nSPS) is 17.8. The van der Waals surface area contributed by atoms with Crippen molar-refractivity contribution in [1.29, 1.82) is 0 Å². The zero-order valence-corrected chi connectivity index (χ0v) is 11.8. The first-order valence-corrected chi connectivity index (χ1v) is 7.65. The summed E-state index contributed by atoms with van der Waals surface area (Å²) in [5.41, 5.74) is 2.17. The number of phenolic OH excluding ortho intramolecular Hbond substituents is 1. The standard InChI is InChI=1S/C16H16FNOS/c17-13-9-11(5-6-15(13)19)10-18-14-7-8-20-16-4-2-1-3-12(14)16/h1-6,9,14,18-19H,7-8,10H2. The molecule has 1 unspecified atom stereocenters. The van der Waals surface area contributed by atoms with Crippen LogP contribution in [0.5, 0.6) is 5.75 Å². The molecule has 104 valence electrons. The number of thioether (sulfide) groups is 1. The van der Waals surface area contributed by atoms with E-state index in [1.807, 2.05) is 11.8 Å². The lowest BCUT2D eigenvalue weighted by molar-refractivity contribution is 0.431. The van der Waals surface area contributed by atoms with Crippen LogP contribution in [0.25, 0.3) is 0 Å². The van der Waals surface area contributed by atoms with Gasteiger partial charge < -0.3 is 10.4 Å². The van der Waals surface area contributed by atoms with Gasteiger partial charge in [-0.1, -0.05) is 24.3 Å². The number of benzene rings is 2. The van der Waals surface area contributed by atoms with Gasteiger partial charge in [-0.25, -0.2) is 4.39 Å². The van der Waals surface area contributed by atoms with Crippen LogP contribution in [0, 0.1) is 5.82 Å². The number of nitrogens with one attached hydrogen (secondary N) is 1. The molecule has 2 N–H and O–H groups in total. The molecular weight excluding hydrogens is 273 g/mol. The highest BCUT2D eigenvalue weighted by molar-refractivity contribution is 7.99. The second-order valence-corrected chi connectivity index (χ2v) is 6.03. The van der Waals surface area contributed by atoms with E-state index in [9.17, 15) is 9.50 Å². The lowest BCUT2D eigenvalue weighted by Gasteiger charge is -2.26. The van der Waals surface area contributed by atoms with E-state index in [1.165, 1.54) is 22.6 Å². The summed E-state index contributed by atoms with van der Waals surface area (Å²) in [5, 5.41) is 12.7. The Morgan fingerprint density at radius 1 is 1.25 bits per heavy atom. The van der Waals surface area contributed by atoms with Gasteiger partial charge in [-0.3, -0.25) is 0 Å². The molecule has 0 aromatic heterocycles. The zero-order chi connectivity index (χ0) is 13.9. The SMILES string of the molecule is Oc1ccc(CNC2CCSc3ccccc32)cc1F. The van der Waals surface area contributed by atoms with Crippen LogP contribution in [0.2, 0.25) is 0 Å². The van der Waals surface area contributed by atoms with E-state index in [4.69, 9.17) is 0 Å². The van der Waals surface area contributed by atoms with Gasteiger partial charge in [0.2, 0.25) is 0 Å². The maximum Gasteiger partial charge on any atom is 0.165 e. The van der Waals surface area contributed by atoms with Crippen molar-refractivity contribution in [3.63, 3.8) is 0 Å². The summed E-state index contributed by atoms with van der Waals surface area (Å²) in [7, 11) is 0. The smallest absolute Gasteiger partial charge is 0.165 e. The van der Waals surface area contributed by atoms with Gasteiger partial charge in [-0.15, -0.1) is 11.8 Å². The summed E-state index contributed by atoms with van der Waals surface area (Å²) in [6.07, 6.45) is 1.07. The highest BCUT2D eigenvalue weighted by Crippen LogP contribution is 2.35. The zero-order valence-electron chi connectivity index (χ0n) is 11.0. The van der Waals surface area contributed by atoms with E-state index < -0.39 is 5.82 Å². The first kappa shape index (κ1) is 13.5. The van der Waals surface area contributed by atoms with Crippen molar-refractivity contribution in [3.8, 4) is 5.75 Å². The molecule has 1 aliphatic rings. The highest BCUT2D eigenvalue weighted by atomic mass is 32.2. The Morgan fingerprint density at radius 2 is 2.10 bits per heavy atom. The van der Waals surface area contributed by atoms with Crippen molar-refractivity contribution in [2.45, 2.75) is 23.9 Å². The Hall–Kier alpha value is -1.52. The third-order valence-corrected chi connectivity index (χ3v) is 4.65. The maximum absolute atomic E-state index is 13.3. The van der Waals surface area contributed by atoms with Crippen molar-refractivity contribution in [1.82, 2.24) is 5.32 Å². The minimum atomic E-state index is -0.566. The summed E-state index contributed by atoms with van der Waals surface area (Å²) in [6.45, 7) is 0.598.